The third-order valence-electron chi connectivity index (χ3n) is 9.93. The molecule has 0 saturated heterocycles. The van der Waals surface area contributed by atoms with Crippen molar-refractivity contribution < 1.29 is 4.42 Å². The lowest BCUT2D eigenvalue weighted by molar-refractivity contribution is 0.669. The molecule has 0 atom stereocenters. The van der Waals surface area contributed by atoms with E-state index in [-0.39, 0.29) is 0 Å². The number of benzene rings is 8. The normalized spacial score (nSPS) is 11.6. The molecule has 0 aliphatic heterocycles. The van der Waals surface area contributed by atoms with Gasteiger partial charge in [-0.3, -0.25) is 0 Å². The zero-order valence-corrected chi connectivity index (χ0v) is 28.0. The highest BCUT2D eigenvalue weighted by Crippen LogP contribution is 2.46. The van der Waals surface area contributed by atoms with Crippen LogP contribution < -0.4 is 0 Å². The van der Waals surface area contributed by atoms with E-state index in [4.69, 9.17) is 4.42 Å². The quantitative estimate of drug-likeness (QED) is 0.180. The van der Waals surface area contributed by atoms with Crippen LogP contribution in [0.15, 0.2) is 186 Å². The molecule has 0 unspecified atom stereocenters. The van der Waals surface area contributed by atoms with Crippen LogP contribution in [0.3, 0.4) is 0 Å². The fourth-order valence-electron chi connectivity index (χ4n) is 7.49. The molecule has 10 aromatic rings. The Morgan fingerprint density at radius 2 is 0.860 bits per heavy atom. The summed E-state index contributed by atoms with van der Waals surface area (Å²) in [5.41, 5.74) is 13.9. The number of para-hydroxylation sites is 1. The van der Waals surface area contributed by atoms with E-state index in [1.807, 2.05) is 23.5 Å². The van der Waals surface area contributed by atoms with Crippen LogP contribution in [-0.2, 0) is 0 Å². The van der Waals surface area contributed by atoms with Crippen LogP contribution in [0.5, 0.6) is 0 Å². The molecule has 0 saturated carbocycles. The van der Waals surface area contributed by atoms with Gasteiger partial charge in [-0.2, -0.15) is 0 Å². The van der Waals surface area contributed by atoms with Gasteiger partial charge in [0.25, 0.3) is 0 Å². The molecule has 0 aliphatic carbocycles. The third-order valence-corrected chi connectivity index (χ3v) is 11.1. The van der Waals surface area contributed by atoms with Gasteiger partial charge in [-0.15, -0.1) is 11.3 Å². The first kappa shape index (κ1) is 28.8. The molecule has 8 aromatic carbocycles. The maximum absolute atomic E-state index is 6.34. The second-order valence-corrected chi connectivity index (χ2v) is 13.9. The van der Waals surface area contributed by atoms with E-state index in [0.717, 1.165) is 27.5 Å². The van der Waals surface area contributed by atoms with Crippen LogP contribution in [0.1, 0.15) is 0 Å². The summed E-state index contributed by atoms with van der Waals surface area (Å²) >= 11 is 1.88. The SMILES string of the molecule is c1ccc(-c2ccc(-c3ccccc3-c3ccccc3-c3cc(-c4ccc5c(c4)oc4ccccc45)cc4c3sc3ccccc34)cc2)cc1. The van der Waals surface area contributed by atoms with Crippen molar-refractivity contribution in [1.82, 2.24) is 0 Å². The minimum Gasteiger partial charge on any atom is -0.456 e. The molecule has 0 radical (unpaired) electrons. The van der Waals surface area contributed by atoms with Crippen LogP contribution in [0.4, 0.5) is 0 Å². The number of hydrogen-bond donors (Lipinski definition) is 0. The van der Waals surface area contributed by atoms with Gasteiger partial charge in [0, 0.05) is 36.5 Å². The Bertz CT molecular complexity index is 2850. The molecule has 50 heavy (non-hydrogen) atoms. The monoisotopic (exact) mass is 654 g/mol. The molecule has 0 aliphatic rings. The number of thiophene rings is 1. The van der Waals surface area contributed by atoms with Crippen LogP contribution in [0, 0.1) is 0 Å². The van der Waals surface area contributed by atoms with E-state index in [1.54, 1.807) is 0 Å². The summed E-state index contributed by atoms with van der Waals surface area (Å²) in [4.78, 5) is 0. The lowest BCUT2D eigenvalue weighted by atomic mass is 9.87. The maximum Gasteiger partial charge on any atom is 0.136 e. The van der Waals surface area contributed by atoms with Gasteiger partial charge in [-0.05, 0) is 86.5 Å². The summed E-state index contributed by atoms with van der Waals surface area (Å²) in [7, 11) is 0. The Hall–Kier alpha value is -6.22. The van der Waals surface area contributed by atoms with E-state index in [1.165, 1.54) is 70.2 Å². The summed E-state index contributed by atoms with van der Waals surface area (Å²) in [5, 5.41) is 4.86. The maximum atomic E-state index is 6.34. The average Bonchev–Trinajstić information content (AvgIpc) is 3.76. The molecule has 2 heterocycles. The van der Waals surface area contributed by atoms with Gasteiger partial charge in [-0.1, -0.05) is 146 Å². The first-order valence-electron chi connectivity index (χ1n) is 17.0. The Morgan fingerprint density at radius 1 is 0.300 bits per heavy atom. The first-order chi connectivity index (χ1) is 24.8. The van der Waals surface area contributed by atoms with Crippen molar-refractivity contribution >= 4 is 53.4 Å². The van der Waals surface area contributed by atoms with Crippen molar-refractivity contribution in [1.29, 1.82) is 0 Å². The van der Waals surface area contributed by atoms with Crippen molar-refractivity contribution in [2.75, 3.05) is 0 Å². The molecule has 2 aromatic heterocycles. The second kappa shape index (κ2) is 11.7. The van der Waals surface area contributed by atoms with Crippen LogP contribution in [0.25, 0.3) is 97.7 Å². The highest BCUT2D eigenvalue weighted by molar-refractivity contribution is 7.26. The van der Waals surface area contributed by atoms with Crippen LogP contribution in [0.2, 0.25) is 0 Å². The Kier molecular flexibility index (Phi) is 6.75. The molecular formula is C48H30OS. The van der Waals surface area contributed by atoms with Crippen LogP contribution in [-0.4, -0.2) is 0 Å². The minimum atomic E-state index is 0.910. The van der Waals surface area contributed by atoms with Crippen molar-refractivity contribution in [3.8, 4) is 55.6 Å². The Morgan fingerprint density at radius 3 is 1.66 bits per heavy atom. The predicted molar refractivity (Wildman–Crippen MR) is 214 cm³/mol. The molecule has 0 spiro atoms. The summed E-state index contributed by atoms with van der Waals surface area (Å²) in [6, 6.07) is 65.7. The molecule has 1 nitrogen and oxygen atoms in total. The average molecular weight is 655 g/mol. The topological polar surface area (TPSA) is 13.1 Å². The lowest BCUT2D eigenvalue weighted by Gasteiger charge is -2.16. The van der Waals surface area contributed by atoms with Crippen molar-refractivity contribution in [3.05, 3.63) is 182 Å². The van der Waals surface area contributed by atoms with E-state index in [0.29, 0.717) is 0 Å². The van der Waals surface area contributed by atoms with Gasteiger partial charge in [-0.25, -0.2) is 0 Å². The van der Waals surface area contributed by atoms with Gasteiger partial charge in [0.1, 0.15) is 11.2 Å². The molecule has 10 rings (SSSR count). The molecule has 0 N–H and O–H groups in total. The largest absolute Gasteiger partial charge is 0.456 e. The molecule has 0 amide bonds. The van der Waals surface area contributed by atoms with Crippen molar-refractivity contribution in [2.45, 2.75) is 0 Å². The van der Waals surface area contributed by atoms with Gasteiger partial charge in [0.05, 0.1) is 0 Å². The number of hydrogen-bond acceptors (Lipinski definition) is 2. The number of fused-ring (bicyclic) bond motifs is 6. The Labute approximate surface area is 294 Å². The van der Waals surface area contributed by atoms with E-state index >= 15 is 0 Å². The zero-order valence-electron chi connectivity index (χ0n) is 27.1. The van der Waals surface area contributed by atoms with Gasteiger partial charge in [0.15, 0.2) is 0 Å². The van der Waals surface area contributed by atoms with Gasteiger partial charge < -0.3 is 4.42 Å². The van der Waals surface area contributed by atoms with E-state index < -0.39 is 0 Å². The predicted octanol–water partition coefficient (Wildman–Crippen LogP) is 14.3. The number of rotatable bonds is 5. The standard InChI is InChI=1S/C48H30OS/c1-2-12-31(13-3-1)32-22-24-33(25-23-32)36-14-4-5-15-37(36)38-16-6-7-17-39(38)43-28-35(29-44-42-19-9-11-21-47(42)50-48(43)44)34-26-27-41-40-18-8-10-20-45(40)49-46(41)30-34/h1-30H. The third kappa shape index (κ3) is 4.76. The fourth-order valence-corrected chi connectivity index (χ4v) is 8.71. The minimum absolute atomic E-state index is 0.910. The lowest BCUT2D eigenvalue weighted by Crippen LogP contribution is -1.90. The Balaban J connectivity index is 1.17. The van der Waals surface area contributed by atoms with Crippen LogP contribution >= 0.6 is 11.3 Å². The molecule has 0 fully saturated rings. The van der Waals surface area contributed by atoms with Gasteiger partial charge in [0.2, 0.25) is 0 Å². The summed E-state index contributed by atoms with van der Waals surface area (Å²) in [6.07, 6.45) is 0. The smallest absolute Gasteiger partial charge is 0.136 e. The highest BCUT2D eigenvalue weighted by Gasteiger charge is 2.19. The second-order valence-electron chi connectivity index (χ2n) is 12.8. The van der Waals surface area contributed by atoms with Gasteiger partial charge >= 0.3 is 0 Å². The fraction of sp³-hybridized carbons (Fsp3) is 0. The molecule has 234 valence electrons. The molecule has 2 heteroatoms. The summed E-state index contributed by atoms with van der Waals surface area (Å²) in [5.74, 6) is 0. The summed E-state index contributed by atoms with van der Waals surface area (Å²) < 4.78 is 8.94. The van der Waals surface area contributed by atoms with E-state index in [2.05, 4.69) is 170 Å². The highest BCUT2D eigenvalue weighted by atomic mass is 32.1. The summed E-state index contributed by atoms with van der Waals surface area (Å²) in [6.45, 7) is 0. The van der Waals surface area contributed by atoms with Crippen molar-refractivity contribution in [2.24, 2.45) is 0 Å². The molecular weight excluding hydrogens is 625 g/mol. The number of furan rings is 1. The molecule has 0 bridgehead atoms. The zero-order chi connectivity index (χ0) is 33.0. The van der Waals surface area contributed by atoms with E-state index in [9.17, 15) is 0 Å². The van der Waals surface area contributed by atoms with Crippen molar-refractivity contribution in [3.63, 3.8) is 0 Å². The first-order valence-corrected chi connectivity index (χ1v) is 17.8.